The normalized spacial score (nSPS) is 16.7. The average molecular weight is 490 g/mol. The number of halogens is 1. The number of phenols is 1. The van der Waals surface area contributed by atoms with Crippen LogP contribution in [0.25, 0.3) is 0 Å². The summed E-state index contributed by atoms with van der Waals surface area (Å²) in [7, 11) is -5.47. The number of aromatic hydroxyl groups is 1. The molecule has 2 aromatic rings. The van der Waals surface area contributed by atoms with Gasteiger partial charge in [0.15, 0.2) is 17.4 Å². The highest BCUT2D eigenvalue weighted by Crippen LogP contribution is 2.33. The molecule has 0 bridgehead atoms. The largest absolute Gasteiger partial charge is 0.504 e. The van der Waals surface area contributed by atoms with Crippen molar-refractivity contribution in [2.45, 2.75) is 24.3 Å². The fourth-order valence-corrected chi connectivity index (χ4v) is 4.64. The lowest BCUT2D eigenvalue weighted by Gasteiger charge is -2.18. The van der Waals surface area contributed by atoms with Crippen molar-refractivity contribution in [3.63, 3.8) is 0 Å². The van der Waals surface area contributed by atoms with Gasteiger partial charge in [0.05, 0.1) is 16.8 Å². The van der Waals surface area contributed by atoms with Gasteiger partial charge >= 0.3 is 10.2 Å². The van der Waals surface area contributed by atoms with Crippen LogP contribution in [0.2, 0.25) is 5.02 Å². The molecule has 0 spiro atoms. The highest BCUT2D eigenvalue weighted by molar-refractivity contribution is 7.89. The molecule has 1 aliphatic heterocycles. The zero-order valence-electron chi connectivity index (χ0n) is 16.7. The Hall–Kier alpha value is -2.61. The Morgan fingerprint density at radius 3 is 2.52 bits per heavy atom. The van der Waals surface area contributed by atoms with Crippen LogP contribution in [0, 0.1) is 0 Å². The predicted octanol–water partition coefficient (Wildman–Crippen LogP) is 2.10. The minimum Gasteiger partial charge on any atom is -0.504 e. The molecule has 0 fully saturated rings. The summed E-state index contributed by atoms with van der Waals surface area (Å²) in [6.45, 7) is 1.84. The van der Waals surface area contributed by atoms with Crippen molar-refractivity contribution >= 4 is 49.2 Å². The molecular weight excluding hydrogens is 470 g/mol. The number of amidine groups is 2. The smallest absolute Gasteiger partial charge is 0.367 e. The summed E-state index contributed by atoms with van der Waals surface area (Å²) >= 11 is 5.89. The van der Waals surface area contributed by atoms with Gasteiger partial charge in [0, 0.05) is 20.2 Å². The lowest BCUT2D eigenvalue weighted by molar-refractivity contribution is 0.440. The zero-order valence-corrected chi connectivity index (χ0v) is 19.1. The Balaban J connectivity index is 1.93. The molecule has 14 heteroatoms. The third-order valence-electron chi connectivity index (χ3n) is 4.30. The second-order valence-corrected chi connectivity index (χ2v) is 10.5. The monoisotopic (exact) mass is 489 g/mol. The average Bonchev–Trinajstić information content (AvgIpc) is 3.23. The minimum absolute atomic E-state index is 0.0673. The Morgan fingerprint density at radius 1 is 1.26 bits per heavy atom. The maximum absolute atomic E-state index is 12.4. The van der Waals surface area contributed by atoms with E-state index in [1.165, 1.54) is 38.6 Å². The number of para-hydroxylation sites is 1. The van der Waals surface area contributed by atoms with Crippen LogP contribution in [-0.4, -0.2) is 52.0 Å². The summed E-state index contributed by atoms with van der Waals surface area (Å²) < 4.78 is 62.2. The van der Waals surface area contributed by atoms with Gasteiger partial charge in [0.1, 0.15) is 16.9 Å². The molecule has 0 saturated carbocycles. The number of hydrogen-bond donors (Lipinski definition) is 3. The van der Waals surface area contributed by atoms with Crippen LogP contribution in [0.15, 0.2) is 48.6 Å². The van der Waals surface area contributed by atoms with Crippen LogP contribution in [-0.2, 0) is 20.2 Å². The van der Waals surface area contributed by atoms with Crippen molar-refractivity contribution < 1.29 is 26.4 Å². The van der Waals surface area contributed by atoms with Crippen LogP contribution in [0.4, 0.5) is 5.69 Å². The first-order valence-corrected chi connectivity index (χ1v) is 12.1. The van der Waals surface area contributed by atoms with Crippen LogP contribution in [0.3, 0.4) is 0 Å². The summed E-state index contributed by atoms with van der Waals surface area (Å²) in [6, 6.07) is 5.11. The number of rotatable bonds is 6. The molecule has 11 nitrogen and oxygen atoms in total. The fraction of sp³-hybridized carbons (Fsp3) is 0.294. The number of furan rings is 1. The van der Waals surface area contributed by atoms with Crippen molar-refractivity contribution in [2.75, 3.05) is 19.4 Å². The molecule has 0 unspecified atom stereocenters. The SMILES string of the molecule is CC[C@@H](NC1=NS(=O)(=O)N=C1Nc1cccc(S(=O)(=O)N(C)C)c1O)c1cc(Cl)co1. The van der Waals surface area contributed by atoms with E-state index < -0.39 is 32.0 Å². The van der Waals surface area contributed by atoms with Gasteiger partial charge in [-0.05, 0) is 18.6 Å². The highest BCUT2D eigenvalue weighted by atomic mass is 35.5. The van der Waals surface area contributed by atoms with E-state index in [1.54, 1.807) is 6.07 Å². The van der Waals surface area contributed by atoms with E-state index in [0.29, 0.717) is 17.2 Å². The molecular formula is C17H20ClN5O6S2. The van der Waals surface area contributed by atoms with E-state index >= 15 is 0 Å². The standard InChI is InChI=1S/C17H20ClN5O6S2/c1-4-11(13-8-10(18)9-29-13)19-16-17(22-31(27,28)21-16)20-12-6-5-7-14(15(12)24)30(25,26)23(2)3/h5-9,11,24H,4H2,1-3H3,(H,19,21)(H,20,22)/t11-/m1/s1. The predicted molar refractivity (Wildman–Crippen MR) is 116 cm³/mol. The third-order valence-corrected chi connectivity index (χ3v) is 7.17. The van der Waals surface area contributed by atoms with Gasteiger partial charge in [-0.15, -0.1) is 8.80 Å². The summed E-state index contributed by atoms with van der Waals surface area (Å²) in [4.78, 5) is -0.355. The van der Waals surface area contributed by atoms with E-state index in [2.05, 4.69) is 19.4 Å². The molecule has 1 atom stereocenters. The molecule has 3 N–H and O–H groups in total. The lowest BCUT2D eigenvalue weighted by atomic mass is 10.1. The van der Waals surface area contributed by atoms with Gasteiger partial charge in [0.25, 0.3) is 0 Å². The molecule has 0 saturated heterocycles. The summed E-state index contributed by atoms with van der Waals surface area (Å²) in [6.07, 6.45) is 1.84. The molecule has 168 valence electrons. The maximum atomic E-state index is 12.4. The summed E-state index contributed by atoms with van der Waals surface area (Å²) in [5.41, 5.74) is -0.0673. The van der Waals surface area contributed by atoms with Gasteiger partial charge in [-0.25, -0.2) is 12.7 Å². The molecule has 1 aliphatic rings. The molecule has 0 radical (unpaired) electrons. The number of sulfonamides is 1. The van der Waals surface area contributed by atoms with Gasteiger partial charge < -0.3 is 20.2 Å². The van der Waals surface area contributed by atoms with Crippen LogP contribution < -0.4 is 10.6 Å². The molecule has 1 aromatic heterocycles. The number of nitrogens with zero attached hydrogens (tertiary/aromatic N) is 3. The summed E-state index contributed by atoms with van der Waals surface area (Å²) in [5.74, 6) is -0.473. The summed E-state index contributed by atoms with van der Waals surface area (Å²) in [5, 5.41) is 16.4. The van der Waals surface area contributed by atoms with Crippen molar-refractivity contribution in [2.24, 2.45) is 8.80 Å². The number of nitrogens with one attached hydrogen (secondary N) is 2. The quantitative estimate of drug-likeness (QED) is 0.521. The van der Waals surface area contributed by atoms with Crippen LogP contribution in [0.1, 0.15) is 25.1 Å². The number of phenolic OH excluding ortho intramolecular Hbond substituents is 1. The van der Waals surface area contributed by atoms with Crippen molar-refractivity contribution in [3.8, 4) is 5.75 Å². The topological polar surface area (TPSA) is 154 Å². The maximum Gasteiger partial charge on any atom is 0.367 e. The lowest BCUT2D eigenvalue weighted by Crippen LogP contribution is -2.36. The van der Waals surface area contributed by atoms with Crippen LogP contribution in [0.5, 0.6) is 5.75 Å². The molecule has 31 heavy (non-hydrogen) atoms. The van der Waals surface area contributed by atoms with E-state index in [4.69, 9.17) is 16.0 Å². The van der Waals surface area contributed by atoms with Gasteiger partial charge in [-0.3, -0.25) is 0 Å². The molecule has 0 amide bonds. The first-order chi connectivity index (χ1) is 14.4. The Labute approximate surface area is 184 Å². The Morgan fingerprint density at radius 2 is 1.94 bits per heavy atom. The second-order valence-electron chi connectivity index (χ2n) is 6.66. The Kier molecular flexibility index (Phi) is 6.32. The second kappa shape index (κ2) is 8.49. The highest BCUT2D eigenvalue weighted by Gasteiger charge is 2.29. The molecule has 0 aliphatic carbocycles. The Bertz CT molecular complexity index is 1270. The molecule has 3 rings (SSSR count). The van der Waals surface area contributed by atoms with Crippen LogP contribution >= 0.6 is 11.6 Å². The van der Waals surface area contributed by atoms with E-state index in [9.17, 15) is 21.9 Å². The van der Waals surface area contributed by atoms with Gasteiger partial charge in [-0.1, -0.05) is 24.6 Å². The molecule has 2 heterocycles. The van der Waals surface area contributed by atoms with E-state index in [-0.39, 0.29) is 22.3 Å². The zero-order chi connectivity index (χ0) is 23.0. The first kappa shape index (κ1) is 23.1. The third kappa shape index (κ3) is 4.84. The fourth-order valence-electron chi connectivity index (χ4n) is 2.72. The van der Waals surface area contributed by atoms with E-state index in [0.717, 1.165) is 4.31 Å². The van der Waals surface area contributed by atoms with E-state index in [1.807, 2.05) is 6.92 Å². The number of hydrogen-bond acceptors (Lipinski definition) is 8. The van der Waals surface area contributed by atoms with Crippen molar-refractivity contribution in [1.29, 1.82) is 0 Å². The number of benzene rings is 1. The first-order valence-electron chi connectivity index (χ1n) is 8.92. The van der Waals surface area contributed by atoms with Crippen molar-refractivity contribution in [1.82, 2.24) is 9.62 Å². The van der Waals surface area contributed by atoms with Gasteiger partial charge in [-0.2, -0.15) is 8.42 Å². The van der Waals surface area contributed by atoms with Crippen molar-refractivity contribution in [3.05, 3.63) is 41.3 Å². The minimum atomic E-state index is -4.17. The van der Waals surface area contributed by atoms with Gasteiger partial charge in [0.2, 0.25) is 10.0 Å². The molecule has 1 aromatic carbocycles. The number of anilines is 1.